The Bertz CT molecular complexity index is 1230. The predicted molar refractivity (Wildman–Crippen MR) is 131 cm³/mol. The van der Waals surface area contributed by atoms with Gasteiger partial charge in [-0.3, -0.25) is 4.79 Å². The number of anilines is 1. The van der Waals surface area contributed by atoms with Gasteiger partial charge in [0.25, 0.3) is 5.91 Å². The molecule has 32 heavy (non-hydrogen) atoms. The number of hydrogen-bond donors (Lipinski definition) is 2. The van der Waals surface area contributed by atoms with Crippen LogP contribution in [0.4, 0.5) is 5.82 Å². The fourth-order valence-electron chi connectivity index (χ4n) is 4.00. The summed E-state index contributed by atoms with van der Waals surface area (Å²) in [7, 11) is 0. The molecule has 0 saturated carbocycles. The van der Waals surface area contributed by atoms with Crippen LogP contribution in [0.3, 0.4) is 0 Å². The number of aryl methyl sites for hydroxylation is 1. The first-order valence-electron chi connectivity index (χ1n) is 11.5. The average Bonchev–Trinajstić information content (AvgIpc) is 3.06. The number of nitrogens with zero attached hydrogens (tertiary/aromatic N) is 3. The standard InChI is InChI=1S/C26H31N5O/c1-3-4-5-6-9-16-28-26(32)22-23-25(30-21-11-8-7-10-20(21)29-23)31(24(22)27)17-19-14-12-18(2)13-15-19/h7-8,10-15H,3-6,9,16-17,27H2,1-2H3,(H,28,32). The van der Waals surface area contributed by atoms with E-state index in [2.05, 4.69) is 43.4 Å². The van der Waals surface area contributed by atoms with Gasteiger partial charge >= 0.3 is 0 Å². The summed E-state index contributed by atoms with van der Waals surface area (Å²) in [5, 5.41) is 3.04. The van der Waals surface area contributed by atoms with E-state index in [0.29, 0.717) is 35.6 Å². The summed E-state index contributed by atoms with van der Waals surface area (Å²) in [6.07, 6.45) is 5.71. The number of carbonyl (C=O) groups excluding carboxylic acids is 1. The number of unbranched alkanes of at least 4 members (excludes halogenated alkanes) is 4. The SMILES string of the molecule is CCCCCCCNC(=O)c1c(N)n(Cc2ccc(C)cc2)c2nc3ccccc3nc12. The Balaban J connectivity index is 1.69. The van der Waals surface area contributed by atoms with E-state index < -0.39 is 0 Å². The molecule has 0 saturated heterocycles. The normalized spacial score (nSPS) is 11.3. The number of fused-ring (bicyclic) bond motifs is 2. The summed E-state index contributed by atoms with van der Waals surface area (Å²) >= 11 is 0. The fourth-order valence-corrected chi connectivity index (χ4v) is 4.00. The topological polar surface area (TPSA) is 85.8 Å². The maximum atomic E-state index is 13.1. The minimum Gasteiger partial charge on any atom is -0.384 e. The Labute approximate surface area is 188 Å². The van der Waals surface area contributed by atoms with E-state index in [1.54, 1.807) is 0 Å². The Morgan fingerprint density at radius 3 is 2.38 bits per heavy atom. The summed E-state index contributed by atoms with van der Waals surface area (Å²) in [5.74, 6) is 0.217. The fraction of sp³-hybridized carbons (Fsp3) is 0.346. The van der Waals surface area contributed by atoms with E-state index in [9.17, 15) is 4.79 Å². The molecule has 4 aromatic rings. The molecule has 0 fully saturated rings. The minimum atomic E-state index is -0.185. The average molecular weight is 430 g/mol. The molecule has 6 nitrogen and oxygen atoms in total. The number of aromatic nitrogens is 3. The van der Waals surface area contributed by atoms with Gasteiger partial charge in [-0.05, 0) is 31.0 Å². The van der Waals surface area contributed by atoms with Crippen LogP contribution in [-0.4, -0.2) is 27.0 Å². The van der Waals surface area contributed by atoms with Crippen LogP contribution >= 0.6 is 0 Å². The lowest BCUT2D eigenvalue weighted by atomic mass is 10.1. The molecule has 2 heterocycles. The van der Waals surface area contributed by atoms with Crippen molar-refractivity contribution in [1.82, 2.24) is 19.9 Å². The molecule has 1 amide bonds. The van der Waals surface area contributed by atoms with Crippen LogP contribution in [0.5, 0.6) is 0 Å². The summed E-state index contributed by atoms with van der Waals surface area (Å²) < 4.78 is 1.90. The highest BCUT2D eigenvalue weighted by Crippen LogP contribution is 2.28. The van der Waals surface area contributed by atoms with Gasteiger partial charge in [0.1, 0.15) is 16.9 Å². The smallest absolute Gasteiger partial charge is 0.257 e. The molecule has 6 heteroatoms. The van der Waals surface area contributed by atoms with Crippen molar-refractivity contribution in [3.8, 4) is 0 Å². The number of carbonyl (C=O) groups is 1. The maximum Gasteiger partial charge on any atom is 0.257 e. The molecule has 0 bridgehead atoms. The highest BCUT2D eigenvalue weighted by Gasteiger charge is 2.23. The third-order valence-electron chi connectivity index (χ3n) is 5.85. The number of nitrogens with two attached hydrogens (primary N) is 1. The second-order valence-electron chi connectivity index (χ2n) is 8.39. The van der Waals surface area contributed by atoms with E-state index in [0.717, 1.165) is 29.4 Å². The van der Waals surface area contributed by atoms with Crippen molar-refractivity contribution < 1.29 is 4.79 Å². The van der Waals surface area contributed by atoms with Crippen molar-refractivity contribution in [1.29, 1.82) is 0 Å². The molecule has 0 atom stereocenters. The quantitative estimate of drug-likeness (QED) is 0.357. The van der Waals surface area contributed by atoms with E-state index in [-0.39, 0.29) is 5.91 Å². The molecule has 2 aromatic heterocycles. The van der Waals surface area contributed by atoms with Gasteiger partial charge in [-0.2, -0.15) is 0 Å². The molecule has 166 valence electrons. The highest BCUT2D eigenvalue weighted by atomic mass is 16.1. The van der Waals surface area contributed by atoms with Gasteiger partial charge < -0.3 is 15.6 Å². The number of rotatable bonds is 9. The van der Waals surface area contributed by atoms with Crippen LogP contribution in [-0.2, 0) is 6.54 Å². The molecule has 0 spiro atoms. The zero-order valence-corrected chi connectivity index (χ0v) is 18.9. The van der Waals surface area contributed by atoms with Gasteiger partial charge in [-0.1, -0.05) is 74.6 Å². The molecule has 4 rings (SSSR count). The first-order valence-corrected chi connectivity index (χ1v) is 11.5. The molecule has 0 aliphatic rings. The van der Waals surface area contributed by atoms with Crippen molar-refractivity contribution >= 4 is 33.9 Å². The van der Waals surface area contributed by atoms with Crippen molar-refractivity contribution in [2.24, 2.45) is 0 Å². The van der Waals surface area contributed by atoms with Crippen molar-refractivity contribution in [3.63, 3.8) is 0 Å². The monoisotopic (exact) mass is 429 g/mol. The van der Waals surface area contributed by atoms with Crippen molar-refractivity contribution in [2.45, 2.75) is 52.5 Å². The second-order valence-corrected chi connectivity index (χ2v) is 8.39. The molecular weight excluding hydrogens is 398 g/mol. The molecular formula is C26H31N5O. The van der Waals surface area contributed by atoms with Gasteiger partial charge in [-0.25, -0.2) is 9.97 Å². The van der Waals surface area contributed by atoms with E-state index in [4.69, 9.17) is 15.7 Å². The zero-order valence-electron chi connectivity index (χ0n) is 18.9. The summed E-state index contributed by atoms with van der Waals surface area (Å²) in [6, 6.07) is 16.0. The summed E-state index contributed by atoms with van der Waals surface area (Å²) in [5.41, 5.74) is 12.0. The van der Waals surface area contributed by atoms with Crippen LogP contribution in [0.25, 0.3) is 22.2 Å². The lowest BCUT2D eigenvalue weighted by Crippen LogP contribution is -2.25. The molecule has 0 aliphatic carbocycles. The van der Waals surface area contributed by atoms with E-state index in [1.807, 2.05) is 28.8 Å². The van der Waals surface area contributed by atoms with Gasteiger partial charge in [0.05, 0.1) is 17.6 Å². The first-order chi connectivity index (χ1) is 15.6. The Hall–Kier alpha value is -3.41. The van der Waals surface area contributed by atoms with Crippen LogP contribution in [0.2, 0.25) is 0 Å². The lowest BCUT2D eigenvalue weighted by Gasteiger charge is -2.09. The van der Waals surface area contributed by atoms with Crippen LogP contribution in [0.15, 0.2) is 48.5 Å². The molecule has 0 radical (unpaired) electrons. The van der Waals surface area contributed by atoms with E-state index in [1.165, 1.54) is 24.8 Å². The Morgan fingerprint density at radius 1 is 0.969 bits per heavy atom. The molecule has 3 N–H and O–H groups in total. The predicted octanol–water partition coefficient (Wildman–Crippen LogP) is 5.22. The number of nitrogen functional groups attached to an aromatic ring is 1. The van der Waals surface area contributed by atoms with Gasteiger partial charge in [0, 0.05) is 6.54 Å². The van der Waals surface area contributed by atoms with Crippen molar-refractivity contribution in [3.05, 3.63) is 65.2 Å². The number of benzene rings is 2. The largest absolute Gasteiger partial charge is 0.384 e. The van der Waals surface area contributed by atoms with Crippen molar-refractivity contribution in [2.75, 3.05) is 12.3 Å². The number of nitrogens with one attached hydrogen (secondary N) is 1. The third kappa shape index (κ3) is 4.59. The molecule has 2 aromatic carbocycles. The summed E-state index contributed by atoms with van der Waals surface area (Å²) in [6.45, 7) is 5.42. The number of para-hydroxylation sites is 2. The molecule has 0 unspecified atom stereocenters. The number of amides is 1. The minimum absolute atomic E-state index is 0.185. The Morgan fingerprint density at radius 2 is 1.66 bits per heavy atom. The zero-order chi connectivity index (χ0) is 22.5. The maximum absolute atomic E-state index is 13.1. The second kappa shape index (κ2) is 9.81. The summed E-state index contributed by atoms with van der Waals surface area (Å²) in [4.78, 5) is 22.7. The number of hydrogen-bond acceptors (Lipinski definition) is 4. The Kier molecular flexibility index (Phi) is 6.69. The van der Waals surface area contributed by atoms with E-state index >= 15 is 0 Å². The van der Waals surface area contributed by atoms with Crippen LogP contribution in [0, 0.1) is 6.92 Å². The highest BCUT2D eigenvalue weighted by molar-refractivity contribution is 6.10. The van der Waals surface area contributed by atoms with Gasteiger partial charge in [-0.15, -0.1) is 0 Å². The van der Waals surface area contributed by atoms with Crippen LogP contribution < -0.4 is 11.1 Å². The van der Waals surface area contributed by atoms with Crippen LogP contribution in [0.1, 0.15) is 60.5 Å². The van der Waals surface area contributed by atoms with Gasteiger partial charge in [0.15, 0.2) is 5.65 Å². The lowest BCUT2D eigenvalue weighted by molar-refractivity contribution is 0.0955. The van der Waals surface area contributed by atoms with Gasteiger partial charge in [0.2, 0.25) is 0 Å². The third-order valence-corrected chi connectivity index (χ3v) is 5.85. The first kappa shape index (κ1) is 21.8. The molecule has 0 aliphatic heterocycles.